The Balaban J connectivity index is 1.38. The summed E-state index contributed by atoms with van der Waals surface area (Å²) in [6.07, 6.45) is 6.47. The Morgan fingerprint density at radius 3 is 2.83 bits per heavy atom. The molecule has 1 atom stereocenters. The maximum atomic E-state index is 11.5. The average molecular weight is 390 g/mol. The molecule has 2 aromatic rings. The standard InChI is InChI=1S/C25H31N3O/c1-2-23(29)8-5-14-28-15-13-26-25(18-28)24-12-11-22(17-27-24)21-10-9-19-6-3-4-7-20(19)16-21/h3-4,6-7,9-10,16-17,25-26H,2,5,8,11-15,18H2,1H3. The molecular weight excluding hydrogens is 358 g/mol. The second-order valence-electron chi connectivity index (χ2n) is 8.14. The van der Waals surface area contributed by atoms with E-state index < -0.39 is 0 Å². The molecule has 0 aromatic heterocycles. The minimum absolute atomic E-state index is 0.333. The largest absolute Gasteiger partial charge is 0.307 e. The number of carbonyl (C=O) groups is 1. The van der Waals surface area contributed by atoms with Crippen molar-refractivity contribution in [2.75, 3.05) is 26.2 Å². The summed E-state index contributed by atoms with van der Waals surface area (Å²) in [6, 6.07) is 15.5. The number of rotatable bonds is 7. The Kier molecular flexibility index (Phi) is 6.53. The molecule has 0 amide bonds. The maximum absolute atomic E-state index is 11.5. The van der Waals surface area contributed by atoms with Crippen LogP contribution in [0.1, 0.15) is 44.6 Å². The van der Waals surface area contributed by atoms with Gasteiger partial charge in [-0.1, -0.05) is 43.3 Å². The summed E-state index contributed by atoms with van der Waals surface area (Å²) in [5.41, 5.74) is 3.87. The van der Waals surface area contributed by atoms with Gasteiger partial charge in [-0.3, -0.25) is 9.79 Å². The van der Waals surface area contributed by atoms with Gasteiger partial charge in [-0.15, -0.1) is 0 Å². The van der Waals surface area contributed by atoms with Crippen LogP contribution in [0.2, 0.25) is 0 Å². The van der Waals surface area contributed by atoms with Crippen molar-refractivity contribution in [2.45, 2.75) is 45.1 Å². The van der Waals surface area contributed by atoms with Crippen molar-refractivity contribution in [2.24, 2.45) is 4.99 Å². The first-order valence-electron chi connectivity index (χ1n) is 10.9. The van der Waals surface area contributed by atoms with Crippen LogP contribution in [0, 0.1) is 0 Å². The summed E-state index contributed by atoms with van der Waals surface area (Å²) in [6.45, 7) is 6.01. The van der Waals surface area contributed by atoms with Gasteiger partial charge in [-0.2, -0.15) is 0 Å². The van der Waals surface area contributed by atoms with E-state index in [1.54, 1.807) is 0 Å². The number of nitrogens with zero attached hydrogens (tertiary/aromatic N) is 2. The maximum Gasteiger partial charge on any atom is 0.132 e. The van der Waals surface area contributed by atoms with Gasteiger partial charge in [0.05, 0.1) is 6.04 Å². The predicted octanol–water partition coefficient (Wildman–Crippen LogP) is 4.45. The van der Waals surface area contributed by atoms with Crippen LogP contribution in [0.25, 0.3) is 16.3 Å². The first-order chi connectivity index (χ1) is 14.2. The number of aliphatic imine (C=N–C) groups is 1. The van der Waals surface area contributed by atoms with Crippen LogP contribution in [-0.4, -0.2) is 48.6 Å². The molecule has 0 saturated carbocycles. The molecule has 0 bridgehead atoms. The molecule has 4 heteroatoms. The number of benzene rings is 2. The van der Waals surface area contributed by atoms with Crippen molar-refractivity contribution in [1.29, 1.82) is 0 Å². The van der Waals surface area contributed by atoms with E-state index in [0.29, 0.717) is 24.7 Å². The van der Waals surface area contributed by atoms with E-state index in [2.05, 4.69) is 58.9 Å². The Hall–Kier alpha value is -2.30. The highest BCUT2D eigenvalue weighted by Gasteiger charge is 2.24. The number of hydrogen-bond acceptors (Lipinski definition) is 4. The van der Waals surface area contributed by atoms with Crippen molar-refractivity contribution in [1.82, 2.24) is 10.2 Å². The van der Waals surface area contributed by atoms with Gasteiger partial charge in [0.1, 0.15) is 5.78 Å². The molecule has 0 spiro atoms. The molecular formula is C25H31N3O. The number of carbonyl (C=O) groups excluding carboxylic acids is 1. The fourth-order valence-corrected chi connectivity index (χ4v) is 4.34. The van der Waals surface area contributed by atoms with Crippen molar-refractivity contribution < 1.29 is 4.79 Å². The molecule has 0 aliphatic carbocycles. The number of allylic oxidation sites excluding steroid dienone is 1. The lowest BCUT2D eigenvalue weighted by Crippen LogP contribution is -2.54. The lowest BCUT2D eigenvalue weighted by Gasteiger charge is -2.35. The monoisotopic (exact) mass is 389 g/mol. The van der Waals surface area contributed by atoms with E-state index in [1.165, 1.54) is 27.6 Å². The van der Waals surface area contributed by atoms with Crippen LogP contribution in [0.15, 0.2) is 53.7 Å². The Morgan fingerprint density at radius 2 is 2.03 bits per heavy atom. The van der Waals surface area contributed by atoms with E-state index in [4.69, 9.17) is 4.99 Å². The topological polar surface area (TPSA) is 44.7 Å². The van der Waals surface area contributed by atoms with Gasteiger partial charge in [0, 0.05) is 44.4 Å². The molecule has 4 rings (SSSR count). The first-order valence-corrected chi connectivity index (χ1v) is 10.9. The van der Waals surface area contributed by atoms with Gasteiger partial charge in [-0.25, -0.2) is 0 Å². The Morgan fingerprint density at radius 1 is 1.17 bits per heavy atom. The molecule has 29 heavy (non-hydrogen) atoms. The third-order valence-electron chi connectivity index (χ3n) is 6.14. The van der Waals surface area contributed by atoms with Crippen LogP contribution in [0.4, 0.5) is 0 Å². The molecule has 2 heterocycles. The second-order valence-corrected chi connectivity index (χ2v) is 8.14. The zero-order valence-electron chi connectivity index (χ0n) is 17.4. The average Bonchev–Trinajstić information content (AvgIpc) is 2.79. The molecule has 0 radical (unpaired) electrons. The molecule has 1 saturated heterocycles. The van der Waals surface area contributed by atoms with Crippen molar-refractivity contribution in [3.63, 3.8) is 0 Å². The predicted molar refractivity (Wildman–Crippen MR) is 121 cm³/mol. The van der Waals surface area contributed by atoms with E-state index in [9.17, 15) is 4.79 Å². The normalized spacial score (nSPS) is 20.4. The molecule has 4 nitrogen and oxygen atoms in total. The number of Topliss-reactive ketones (excluding diaryl/α,β-unsaturated/α-hetero) is 1. The summed E-state index contributed by atoms with van der Waals surface area (Å²) < 4.78 is 0. The summed E-state index contributed by atoms with van der Waals surface area (Å²) in [5.74, 6) is 0.375. The molecule has 1 fully saturated rings. The quantitative estimate of drug-likeness (QED) is 0.761. The first kappa shape index (κ1) is 20.0. The van der Waals surface area contributed by atoms with Gasteiger partial charge < -0.3 is 10.2 Å². The van der Waals surface area contributed by atoms with Crippen LogP contribution in [0.3, 0.4) is 0 Å². The Labute approximate surface area is 173 Å². The van der Waals surface area contributed by atoms with Gasteiger partial charge in [0.25, 0.3) is 0 Å². The third-order valence-corrected chi connectivity index (χ3v) is 6.14. The summed E-state index contributed by atoms with van der Waals surface area (Å²) in [4.78, 5) is 18.9. The van der Waals surface area contributed by atoms with Crippen molar-refractivity contribution in [3.05, 3.63) is 54.2 Å². The number of fused-ring (bicyclic) bond motifs is 1. The van der Waals surface area contributed by atoms with Crippen LogP contribution in [0.5, 0.6) is 0 Å². The number of nitrogens with one attached hydrogen (secondary N) is 1. The lowest BCUT2D eigenvalue weighted by atomic mass is 9.93. The summed E-state index contributed by atoms with van der Waals surface area (Å²) in [5, 5.41) is 6.20. The molecule has 2 aromatic carbocycles. The van der Waals surface area contributed by atoms with Gasteiger partial charge in [0.2, 0.25) is 0 Å². The smallest absolute Gasteiger partial charge is 0.132 e. The van der Waals surface area contributed by atoms with E-state index >= 15 is 0 Å². The minimum atomic E-state index is 0.333. The van der Waals surface area contributed by atoms with E-state index in [0.717, 1.165) is 45.4 Å². The summed E-state index contributed by atoms with van der Waals surface area (Å²) in [7, 11) is 0. The molecule has 2 aliphatic rings. The zero-order valence-corrected chi connectivity index (χ0v) is 17.4. The molecule has 2 aliphatic heterocycles. The molecule has 1 unspecified atom stereocenters. The van der Waals surface area contributed by atoms with Crippen LogP contribution in [-0.2, 0) is 4.79 Å². The van der Waals surface area contributed by atoms with Crippen LogP contribution < -0.4 is 5.32 Å². The lowest BCUT2D eigenvalue weighted by molar-refractivity contribution is -0.118. The van der Waals surface area contributed by atoms with Gasteiger partial charge in [-0.05, 0) is 53.8 Å². The zero-order chi connectivity index (χ0) is 20.1. The van der Waals surface area contributed by atoms with Crippen molar-refractivity contribution in [3.8, 4) is 0 Å². The number of piperazine rings is 1. The fraction of sp³-hybridized carbons (Fsp3) is 0.440. The van der Waals surface area contributed by atoms with Crippen molar-refractivity contribution >= 4 is 27.8 Å². The Bertz CT molecular complexity index is 931. The van der Waals surface area contributed by atoms with Gasteiger partial charge in [0.15, 0.2) is 0 Å². The minimum Gasteiger partial charge on any atom is -0.307 e. The second kappa shape index (κ2) is 9.47. The molecule has 1 N–H and O–H groups in total. The highest BCUT2D eigenvalue weighted by atomic mass is 16.1. The number of hydrogen-bond donors (Lipinski definition) is 1. The fourth-order valence-electron chi connectivity index (χ4n) is 4.34. The third kappa shape index (κ3) is 5.01. The number of ketones is 1. The highest BCUT2D eigenvalue weighted by molar-refractivity contribution is 5.94. The van der Waals surface area contributed by atoms with Crippen LogP contribution >= 0.6 is 0 Å². The van der Waals surface area contributed by atoms with Gasteiger partial charge >= 0.3 is 0 Å². The summed E-state index contributed by atoms with van der Waals surface area (Å²) >= 11 is 0. The highest BCUT2D eigenvalue weighted by Crippen LogP contribution is 2.27. The SMILES string of the molecule is CCC(=O)CCCN1CCNC(C2=NC=C(c3ccc4ccccc4c3)CC2)C1. The van der Waals surface area contributed by atoms with E-state index in [-0.39, 0.29) is 0 Å². The van der Waals surface area contributed by atoms with E-state index in [1.807, 2.05) is 6.92 Å². The molecule has 152 valence electrons.